The van der Waals surface area contributed by atoms with Crippen LogP contribution in [0, 0.1) is 0 Å². The van der Waals surface area contributed by atoms with E-state index in [2.05, 4.69) is 6.92 Å². The second-order valence-corrected chi connectivity index (χ2v) is 10.1. The van der Waals surface area contributed by atoms with E-state index >= 15 is 0 Å². The monoisotopic (exact) mass is 468 g/mol. The average Bonchev–Trinajstić information content (AvgIpc) is 2.67. The van der Waals surface area contributed by atoms with Gasteiger partial charge < -0.3 is 18.9 Å². The molecule has 0 bridgehead atoms. The lowest BCUT2D eigenvalue weighted by molar-refractivity contribution is -0.870. The highest BCUT2D eigenvalue weighted by atomic mass is 31.2. The molecular formula is C21H43NO8P+. The molecule has 0 aliphatic rings. The Bertz CT molecular complexity index is 550. The van der Waals surface area contributed by atoms with E-state index in [-0.39, 0.29) is 26.1 Å². The molecule has 0 fully saturated rings. The Morgan fingerprint density at radius 2 is 1.48 bits per heavy atom. The Hall–Kier alpha value is -0.990. The Labute approximate surface area is 187 Å². The predicted octanol–water partition coefficient (Wildman–Crippen LogP) is 3.83. The van der Waals surface area contributed by atoms with Crippen molar-refractivity contribution in [2.24, 2.45) is 0 Å². The average molecular weight is 469 g/mol. The molecule has 0 aliphatic heterocycles. The van der Waals surface area contributed by atoms with Crippen LogP contribution in [0.5, 0.6) is 0 Å². The summed E-state index contributed by atoms with van der Waals surface area (Å²) in [5.74, 6) is -0.859. The molecule has 10 heteroatoms. The Morgan fingerprint density at radius 1 is 0.871 bits per heavy atom. The highest BCUT2D eigenvalue weighted by Crippen LogP contribution is 2.43. The van der Waals surface area contributed by atoms with Crippen LogP contribution in [0.15, 0.2) is 0 Å². The molecule has 1 N–H and O–H groups in total. The van der Waals surface area contributed by atoms with Crippen LogP contribution in [0.4, 0.5) is 0 Å². The summed E-state index contributed by atoms with van der Waals surface area (Å²) >= 11 is 0. The van der Waals surface area contributed by atoms with E-state index in [0.29, 0.717) is 17.4 Å². The lowest BCUT2D eigenvalue weighted by Crippen LogP contribution is -2.37. The molecule has 0 aromatic heterocycles. The fraction of sp³-hybridized carbons (Fsp3) is 0.905. The number of unbranched alkanes of at least 4 members (excludes halogenated alkanes) is 5. The lowest BCUT2D eigenvalue weighted by Gasteiger charge is -2.24. The molecule has 0 saturated heterocycles. The smallest absolute Gasteiger partial charge is 0.462 e. The predicted molar refractivity (Wildman–Crippen MR) is 118 cm³/mol. The molecule has 0 heterocycles. The Balaban J connectivity index is 4.56. The Kier molecular flexibility index (Phi) is 16.1. The van der Waals surface area contributed by atoms with E-state index < -0.39 is 32.5 Å². The van der Waals surface area contributed by atoms with E-state index in [0.717, 1.165) is 38.5 Å². The summed E-state index contributed by atoms with van der Waals surface area (Å²) in [7, 11) is 1.47. The molecule has 0 rings (SSSR count). The molecule has 2 unspecified atom stereocenters. The van der Waals surface area contributed by atoms with Gasteiger partial charge in [-0.1, -0.05) is 46.0 Å². The normalized spacial score (nSPS) is 14.6. The van der Waals surface area contributed by atoms with Crippen molar-refractivity contribution in [2.45, 2.75) is 77.7 Å². The Morgan fingerprint density at radius 3 is 2.10 bits per heavy atom. The van der Waals surface area contributed by atoms with Crippen LogP contribution in [-0.2, 0) is 32.7 Å². The van der Waals surface area contributed by atoms with Gasteiger partial charge in [0.05, 0.1) is 27.7 Å². The van der Waals surface area contributed by atoms with Gasteiger partial charge in [0.15, 0.2) is 6.10 Å². The second kappa shape index (κ2) is 16.6. The number of carbonyl (C=O) groups is 2. The van der Waals surface area contributed by atoms with Gasteiger partial charge in [-0.3, -0.25) is 18.6 Å². The summed E-state index contributed by atoms with van der Waals surface area (Å²) in [5, 5.41) is 0. The number of phosphoric acid groups is 1. The maximum Gasteiger partial charge on any atom is 0.472 e. The van der Waals surface area contributed by atoms with Crippen molar-refractivity contribution in [3.8, 4) is 0 Å². The largest absolute Gasteiger partial charge is 0.472 e. The second-order valence-electron chi connectivity index (χ2n) is 8.67. The number of nitrogens with zero attached hydrogens (tertiary/aromatic N) is 1. The molecule has 9 nitrogen and oxygen atoms in total. The number of hydrogen-bond acceptors (Lipinski definition) is 7. The van der Waals surface area contributed by atoms with Gasteiger partial charge in [0.2, 0.25) is 0 Å². The van der Waals surface area contributed by atoms with Crippen LogP contribution in [-0.4, -0.2) is 74.9 Å². The molecular weight excluding hydrogens is 425 g/mol. The fourth-order valence-corrected chi connectivity index (χ4v) is 3.20. The molecule has 0 aliphatic carbocycles. The number of rotatable bonds is 19. The SMILES string of the molecule is CCCCCCCC(=O)OCC(COP(=O)(O)OCC[N+](C)(C)C)OC(=O)CCCC. The first-order valence-corrected chi connectivity index (χ1v) is 12.8. The van der Waals surface area contributed by atoms with Gasteiger partial charge in [0.25, 0.3) is 0 Å². The standard InChI is InChI=1S/C21H42NO8P/c1-6-8-10-11-12-14-20(23)27-17-19(30-21(24)13-9-7-2)18-29-31(25,26)28-16-15-22(3,4)5/h19H,6-18H2,1-5H3/p+1. The van der Waals surface area contributed by atoms with E-state index in [9.17, 15) is 19.0 Å². The quantitative estimate of drug-likeness (QED) is 0.132. The van der Waals surface area contributed by atoms with Crippen LogP contribution in [0.1, 0.15) is 71.6 Å². The summed E-state index contributed by atoms with van der Waals surface area (Å²) in [5.41, 5.74) is 0. The zero-order valence-corrected chi connectivity index (χ0v) is 20.9. The number of hydrogen-bond donors (Lipinski definition) is 1. The zero-order chi connectivity index (χ0) is 23.8. The third-order valence-corrected chi connectivity index (χ3v) is 5.37. The van der Waals surface area contributed by atoms with Crippen molar-refractivity contribution in [2.75, 3.05) is 47.5 Å². The summed E-state index contributed by atoms with van der Waals surface area (Å²) in [6, 6.07) is 0. The molecule has 0 aromatic rings. The molecule has 0 radical (unpaired) electrons. The first-order valence-electron chi connectivity index (χ1n) is 11.3. The van der Waals surface area contributed by atoms with Crippen molar-refractivity contribution in [1.82, 2.24) is 0 Å². The fourth-order valence-electron chi connectivity index (χ4n) is 2.46. The molecule has 31 heavy (non-hydrogen) atoms. The number of esters is 2. The van der Waals surface area contributed by atoms with Crippen LogP contribution >= 0.6 is 7.82 Å². The maximum atomic E-state index is 12.1. The summed E-state index contributed by atoms with van der Waals surface area (Å²) < 4.78 is 33.1. The van der Waals surface area contributed by atoms with Gasteiger partial charge in [-0.15, -0.1) is 0 Å². The first-order chi connectivity index (χ1) is 14.5. The highest BCUT2D eigenvalue weighted by Gasteiger charge is 2.26. The first kappa shape index (κ1) is 30.0. The number of carbonyl (C=O) groups excluding carboxylic acids is 2. The minimum absolute atomic E-state index is 0.0330. The van der Waals surface area contributed by atoms with Gasteiger partial charge in [0, 0.05) is 12.8 Å². The van der Waals surface area contributed by atoms with Gasteiger partial charge in [-0.2, -0.15) is 0 Å². The minimum Gasteiger partial charge on any atom is -0.462 e. The maximum absolute atomic E-state index is 12.1. The number of quaternary nitrogens is 1. The van der Waals surface area contributed by atoms with Gasteiger partial charge in [-0.05, 0) is 12.8 Å². The zero-order valence-electron chi connectivity index (χ0n) is 20.0. The summed E-state index contributed by atoms with van der Waals surface area (Å²) in [4.78, 5) is 33.7. The molecule has 0 saturated carbocycles. The third kappa shape index (κ3) is 19.4. The van der Waals surface area contributed by atoms with Crippen molar-refractivity contribution >= 4 is 19.8 Å². The van der Waals surface area contributed by atoms with Crippen molar-refractivity contribution in [3.05, 3.63) is 0 Å². The molecule has 0 aromatic carbocycles. The molecule has 0 amide bonds. The van der Waals surface area contributed by atoms with E-state index in [1.54, 1.807) is 0 Å². The number of phosphoric ester groups is 1. The summed E-state index contributed by atoms with van der Waals surface area (Å²) in [6.45, 7) is 3.99. The molecule has 2 atom stereocenters. The van der Waals surface area contributed by atoms with Crippen molar-refractivity contribution in [1.29, 1.82) is 0 Å². The van der Waals surface area contributed by atoms with Gasteiger partial charge >= 0.3 is 19.8 Å². The topological polar surface area (TPSA) is 108 Å². The van der Waals surface area contributed by atoms with E-state index in [4.69, 9.17) is 18.5 Å². The number of ether oxygens (including phenoxy) is 2. The highest BCUT2D eigenvalue weighted by molar-refractivity contribution is 7.47. The third-order valence-electron chi connectivity index (χ3n) is 4.39. The van der Waals surface area contributed by atoms with Crippen LogP contribution < -0.4 is 0 Å². The number of likely N-dealkylation sites (N-methyl/N-ethyl adjacent to an activating group) is 1. The van der Waals surface area contributed by atoms with Crippen molar-refractivity contribution < 1.29 is 42.1 Å². The molecule has 184 valence electrons. The minimum atomic E-state index is -4.31. The van der Waals surface area contributed by atoms with E-state index in [1.807, 2.05) is 28.1 Å². The lowest BCUT2D eigenvalue weighted by atomic mass is 10.1. The van der Waals surface area contributed by atoms with Gasteiger partial charge in [0.1, 0.15) is 19.8 Å². The van der Waals surface area contributed by atoms with Gasteiger partial charge in [-0.25, -0.2) is 4.57 Å². The summed E-state index contributed by atoms with van der Waals surface area (Å²) in [6.07, 6.45) is 6.06. The van der Waals surface area contributed by atoms with E-state index in [1.165, 1.54) is 0 Å². The van der Waals surface area contributed by atoms with Crippen LogP contribution in [0.25, 0.3) is 0 Å². The van der Waals surface area contributed by atoms with Crippen LogP contribution in [0.2, 0.25) is 0 Å². The van der Waals surface area contributed by atoms with Crippen molar-refractivity contribution in [3.63, 3.8) is 0 Å². The van der Waals surface area contributed by atoms with Crippen LogP contribution in [0.3, 0.4) is 0 Å². The molecule has 0 spiro atoms.